The molecule has 0 saturated heterocycles. The monoisotopic (exact) mass is 299 g/mol. The lowest BCUT2D eigenvalue weighted by Crippen LogP contribution is -2.20. The van der Waals surface area contributed by atoms with Gasteiger partial charge in [-0.15, -0.1) is 24.8 Å². The van der Waals surface area contributed by atoms with E-state index in [1.165, 1.54) is 0 Å². The van der Waals surface area contributed by atoms with Gasteiger partial charge in [0.1, 0.15) is 5.75 Å². The highest BCUT2D eigenvalue weighted by Crippen LogP contribution is 2.35. The summed E-state index contributed by atoms with van der Waals surface area (Å²) in [7, 11) is 1.06. The van der Waals surface area contributed by atoms with E-state index in [-0.39, 0.29) is 17.1 Å². The molecule has 0 radical (unpaired) electrons. The average molecular weight is 300 g/mol. The van der Waals surface area contributed by atoms with Crippen LogP contribution < -0.4 is 4.74 Å². The molecule has 0 aliphatic carbocycles. The highest BCUT2D eigenvalue weighted by atomic mass is 35.5. The van der Waals surface area contributed by atoms with Crippen LogP contribution in [0.3, 0.4) is 0 Å². The molecule has 0 fully saturated rings. The van der Waals surface area contributed by atoms with Crippen LogP contribution in [0, 0.1) is 0 Å². The molecule has 1 aromatic heterocycles. The number of hydrogen-bond acceptors (Lipinski definition) is 5. The van der Waals surface area contributed by atoms with E-state index < -0.39 is 30.3 Å². The van der Waals surface area contributed by atoms with Crippen molar-refractivity contribution in [3.05, 3.63) is 17.5 Å². The molecule has 0 atom stereocenters. The summed E-state index contributed by atoms with van der Waals surface area (Å²) >= 11 is 5.45. The van der Waals surface area contributed by atoms with E-state index in [0.29, 0.717) is 0 Å². The first-order valence-electron chi connectivity index (χ1n) is 4.86. The van der Waals surface area contributed by atoms with Gasteiger partial charge in [-0.05, 0) is 0 Å². The number of carbonyl (C=O) groups is 1. The van der Waals surface area contributed by atoms with Gasteiger partial charge in [-0.3, -0.25) is 9.78 Å². The highest BCUT2D eigenvalue weighted by Gasteiger charge is 2.34. The van der Waals surface area contributed by atoms with Crippen LogP contribution in [0.1, 0.15) is 11.3 Å². The number of aromatic hydroxyl groups is 1. The van der Waals surface area contributed by atoms with Crippen molar-refractivity contribution in [2.75, 3.05) is 7.11 Å². The zero-order chi connectivity index (χ0) is 14.6. The van der Waals surface area contributed by atoms with Crippen molar-refractivity contribution in [1.82, 2.24) is 4.98 Å². The SMILES string of the molecule is COC(=O)Cc1c(O)cnc(CCl)c1OC(F)(F)F. The first kappa shape index (κ1) is 15.4. The van der Waals surface area contributed by atoms with Crippen molar-refractivity contribution in [3.63, 3.8) is 0 Å². The van der Waals surface area contributed by atoms with Gasteiger partial charge in [0.2, 0.25) is 0 Å². The Hall–Kier alpha value is -1.70. The predicted molar refractivity (Wildman–Crippen MR) is 57.9 cm³/mol. The fraction of sp³-hybridized carbons (Fsp3) is 0.400. The molecule has 0 bridgehead atoms. The maximum absolute atomic E-state index is 12.3. The largest absolute Gasteiger partial charge is 0.573 e. The quantitative estimate of drug-likeness (QED) is 0.681. The Labute approximate surface area is 110 Å². The fourth-order valence-corrected chi connectivity index (χ4v) is 1.48. The maximum Gasteiger partial charge on any atom is 0.573 e. The summed E-state index contributed by atoms with van der Waals surface area (Å²) in [6.45, 7) is 0. The first-order chi connectivity index (χ1) is 8.78. The molecule has 1 rings (SSSR count). The van der Waals surface area contributed by atoms with Crippen LogP contribution in [0.5, 0.6) is 11.5 Å². The third-order valence-electron chi connectivity index (χ3n) is 2.08. The number of halogens is 4. The second-order valence-electron chi connectivity index (χ2n) is 3.33. The normalized spacial score (nSPS) is 11.2. The first-order valence-corrected chi connectivity index (χ1v) is 5.40. The van der Waals surface area contributed by atoms with E-state index >= 15 is 0 Å². The van der Waals surface area contributed by atoms with Crippen molar-refractivity contribution in [1.29, 1.82) is 0 Å². The number of alkyl halides is 4. The molecule has 19 heavy (non-hydrogen) atoms. The molecule has 0 aromatic carbocycles. The highest BCUT2D eigenvalue weighted by molar-refractivity contribution is 6.17. The van der Waals surface area contributed by atoms with Crippen LogP contribution in [0.25, 0.3) is 0 Å². The average Bonchev–Trinajstić information content (AvgIpc) is 2.32. The van der Waals surface area contributed by atoms with E-state index in [9.17, 15) is 23.1 Å². The molecule has 106 valence electrons. The van der Waals surface area contributed by atoms with Gasteiger partial charge in [0.15, 0.2) is 5.75 Å². The van der Waals surface area contributed by atoms with Gasteiger partial charge in [-0.1, -0.05) is 0 Å². The Morgan fingerprint density at radius 3 is 2.63 bits per heavy atom. The molecule has 1 N–H and O–H groups in total. The zero-order valence-corrected chi connectivity index (χ0v) is 10.4. The van der Waals surface area contributed by atoms with Crippen LogP contribution >= 0.6 is 11.6 Å². The van der Waals surface area contributed by atoms with E-state index in [1.807, 2.05) is 0 Å². The Morgan fingerprint density at radius 1 is 1.53 bits per heavy atom. The van der Waals surface area contributed by atoms with E-state index in [2.05, 4.69) is 14.5 Å². The Bertz CT molecular complexity index is 479. The van der Waals surface area contributed by atoms with Crippen LogP contribution in [0.2, 0.25) is 0 Å². The minimum Gasteiger partial charge on any atom is -0.506 e. The predicted octanol–water partition coefficient (Wildman–Crippen LogP) is 2.14. The van der Waals surface area contributed by atoms with Crippen molar-refractivity contribution in [2.45, 2.75) is 18.7 Å². The number of rotatable bonds is 4. The number of methoxy groups -OCH3 is 1. The van der Waals surface area contributed by atoms with Crippen molar-refractivity contribution < 1.29 is 32.5 Å². The minimum atomic E-state index is -5.00. The van der Waals surface area contributed by atoms with Crippen molar-refractivity contribution >= 4 is 17.6 Å². The van der Waals surface area contributed by atoms with Crippen LogP contribution in [-0.2, 0) is 21.8 Å². The van der Waals surface area contributed by atoms with Crippen LogP contribution in [0.4, 0.5) is 13.2 Å². The molecule has 0 saturated carbocycles. The second kappa shape index (κ2) is 5.96. The summed E-state index contributed by atoms with van der Waals surface area (Å²) in [5.41, 5.74) is -0.620. The van der Waals surface area contributed by atoms with Crippen molar-refractivity contribution in [3.8, 4) is 11.5 Å². The summed E-state index contributed by atoms with van der Waals surface area (Å²) in [5, 5.41) is 9.49. The molecule has 1 aromatic rings. The summed E-state index contributed by atoms with van der Waals surface area (Å²) in [4.78, 5) is 14.6. The third-order valence-corrected chi connectivity index (χ3v) is 2.33. The number of hydrogen-bond donors (Lipinski definition) is 1. The Balaban J connectivity index is 3.28. The topological polar surface area (TPSA) is 68.7 Å². The van der Waals surface area contributed by atoms with Gasteiger partial charge >= 0.3 is 12.3 Å². The Morgan fingerprint density at radius 2 is 2.16 bits per heavy atom. The summed E-state index contributed by atoms with van der Waals surface area (Å²) in [5.74, 6) is -2.61. The van der Waals surface area contributed by atoms with Gasteiger partial charge in [0, 0.05) is 0 Å². The van der Waals surface area contributed by atoms with E-state index in [1.54, 1.807) is 0 Å². The van der Waals surface area contributed by atoms with Crippen molar-refractivity contribution in [2.24, 2.45) is 0 Å². The summed E-state index contributed by atoms with van der Waals surface area (Å²) in [6.07, 6.45) is -4.71. The van der Waals surface area contributed by atoms with E-state index in [0.717, 1.165) is 13.3 Å². The molecule has 0 spiro atoms. The number of esters is 1. The molecule has 0 aliphatic heterocycles. The molecule has 1 heterocycles. The molecular weight excluding hydrogens is 291 g/mol. The van der Waals surface area contributed by atoms with Gasteiger partial charge in [-0.2, -0.15) is 0 Å². The third kappa shape index (κ3) is 4.16. The molecule has 0 aliphatic rings. The van der Waals surface area contributed by atoms with Gasteiger partial charge in [-0.25, -0.2) is 0 Å². The molecule has 0 amide bonds. The van der Waals surface area contributed by atoms with Gasteiger partial charge < -0.3 is 14.6 Å². The molecule has 0 unspecified atom stereocenters. The summed E-state index contributed by atoms with van der Waals surface area (Å²) in [6, 6.07) is 0. The lowest BCUT2D eigenvalue weighted by atomic mass is 10.1. The Kier molecular flexibility index (Phi) is 4.82. The van der Waals surface area contributed by atoms with E-state index in [4.69, 9.17) is 11.6 Å². The summed E-state index contributed by atoms with van der Waals surface area (Å²) < 4.78 is 45.0. The standard InChI is InChI=1S/C10H9ClF3NO4/c1-18-8(17)2-5-7(16)4-15-6(3-11)9(5)19-10(12,13)14/h4,16H,2-3H2,1H3. The lowest BCUT2D eigenvalue weighted by molar-refractivity contribution is -0.275. The second-order valence-corrected chi connectivity index (χ2v) is 3.60. The number of nitrogens with zero attached hydrogens (tertiary/aromatic N) is 1. The number of aromatic nitrogens is 1. The molecule has 5 nitrogen and oxygen atoms in total. The van der Waals surface area contributed by atoms with Crippen LogP contribution in [-0.4, -0.2) is 29.5 Å². The van der Waals surface area contributed by atoms with Gasteiger partial charge in [0.25, 0.3) is 0 Å². The maximum atomic E-state index is 12.3. The number of ether oxygens (including phenoxy) is 2. The van der Waals surface area contributed by atoms with Crippen LogP contribution in [0.15, 0.2) is 6.20 Å². The smallest absolute Gasteiger partial charge is 0.506 e. The number of carbonyl (C=O) groups excluding carboxylic acids is 1. The minimum absolute atomic E-state index is 0.240. The lowest BCUT2D eigenvalue weighted by Gasteiger charge is -2.16. The number of pyridine rings is 1. The fourth-order valence-electron chi connectivity index (χ4n) is 1.28. The molecular formula is C10H9ClF3NO4. The van der Waals surface area contributed by atoms with Gasteiger partial charge in [0.05, 0.1) is 36.9 Å². The molecule has 9 heteroatoms. The zero-order valence-electron chi connectivity index (χ0n) is 9.62.